The van der Waals surface area contributed by atoms with Crippen molar-refractivity contribution in [2.75, 3.05) is 5.06 Å². The third kappa shape index (κ3) is 6.34. The summed E-state index contributed by atoms with van der Waals surface area (Å²) >= 11 is 11.0. The summed E-state index contributed by atoms with van der Waals surface area (Å²) < 4.78 is 15.5. The van der Waals surface area contributed by atoms with E-state index in [4.69, 9.17) is 32.6 Å². The lowest BCUT2D eigenvalue weighted by atomic mass is 10.2. The van der Waals surface area contributed by atoms with Crippen LogP contribution in [0.5, 0.6) is 0 Å². The third-order valence-electron chi connectivity index (χ3n) is 3.19. The summed E-state index contributed by atoms with van der Waals surface area (Å²) in [4.78, 5) is 26.8. The fraction of sp³-hybridized carbons (Fsp3) is 0.188. The molecule has 25 heavy (non-hydrogen) atoms. The molecule has 0 aliphatic rings. The Kier molecular flexibility index (Phi) is 6.87. The van der Waals surface area contributed by atoms with Crippen molar-refractivity contribution in [3.63, 3.8) is 0 Å². The number of carbonyl (C=O) groups is 1. The Hall–Kier alpha value is -1.56. The van der Waals surface area contributed by atoms with Crippen LogP contribution in [0, 0.1) is 0 Å². The van der Waals surface area contributed by atoms with Gasteiger partial charge in [0.15, 0.2) is 6.04 Å². The minimum absolute atomic E-state index is 0.179. The fourth-order valence-corrected chi connectivity index (χ4v) is 2.70. The van der Waals surface area contributed by atoms with Crippen LogP contribution >= 0.6 is 29.8 Å². The molecule has 2 aromatic carbocycles. The molecule has 2 aromatic rings. The van der Waals surface area contributed by atoms with Crippen LogP contribution in [0.1, 0.15) is 12.5 Å². The SMILES string of the molecule is C[C@H](C(=O)OP(=O)(O)Cl)N(OCc1ccccc1)c1ccc(Cl)cc1. The predicted molar refractivity (Wildman–Crippen MR) is 96.4 cm³/mol. The molecule has 0 saturated heterocycles. The summed E-state index contributed by atoms with van der Waals surface area (Å²) in [6.45, 7) is -2.83. The van der Waals surface area contributed by atoms with Gasteiger partial charge in [0, 0.05) is 16.3 Å². The van der Waals surface area contributed by atoms with E-state index < -0.39 is 19.0 Å². The first kappa shape index (κ1) is 19.8. The second-order valence-corrected chi connectivity index (χ2v) is 7.90. The number of nitrogens with zero attached hydrogens (tertiary/aromatic N) is 1. The Morgan fingerprint density at radius 1 is 1.20 bits per heavy atom. The maximum atomic E-state index is 12.1. The lowest BCUT2D eigenvalue weighted by Gasteiger charge is -2.28. The van der Waals surface area contributed by atoms with Crippen molar-refractivity contribution in [3.05, 3.63) is 65.2 Å². The number of halogens is 2. The zero-order chi connectivity index (χ0) is 18.4. The highest BCUT2D eigenvalue weighted by Crippen LogP contribution is 2.48. The second kappa shape index (κ2) is 8.70. The standard InChI is InChI=1S/C16H16Cl2NO5P/c1-12(16(20)24-25(18,21)22)19(15-9-7-14(17)8-10-15)23-11-13-5-3-2-4-6-13/h2-10,12H,11H2,1H3,(H,21,22)/t12-/m1/s1. The van der Waals surface area contributed by atoms with E-state index in [2.05, 4.69) is 4.52 Å². The Bertz CT molecular complexity index is 751. The van der Waals surface area contributed by atoms with Crippen LogP contribution in [0.3, 0.4) is 0 Å². The van der Waals surface area contributed by atoms with E-state index >= 15 is 0 Å². The average Bonchev–Trinajstić information content (AvgIpc) is 2.56. The second-order valence-electron chi connectivity index (χ2n) is 5.10. The molecule has 0 heterocycles. The first-order valence-electron chi connectivity index (χ1n) is 7.24. The lowest BCUT2D eigenvalue weighted by molar-refractivity contribution is -0.138. The van der Waals surface area contributed by atoms with Gasteiger partial charge in [0.2, 0.25) is 0 Å². The largest absolute Gasteiger partial charge is 0.476 e. The molecule has 0 fully saturated rings. The van der Waals surface area contributed by atoms with E-state index in [1.807, 2.05) is 30.3 Å². The van der Waals surface area contributed by atoms with Gasteiger partial charge in [0.25, 0.3) is 0 Å². The molecule has 0 aliphatic carbocycles. The van der Waals surface area contributed by atoms with Crippen molar-refractivity contribution in [1.29, 1.82) is 0 Å². The molecule has 0 saturated carbocycles. The van der Waals surface area contributed by atoms with E-state index in [1.165, 1.54) is 12.0 Å². The molecule has 1 N–H and O–H groups in total. The first-order chi connectivity index (χ1) is 11.8. The van der Waals surface area contributed by atoms with Crippen LogP contribution < -0.4 is 5.06 Å². The number of hydrogen-bond acceptors (Lipinski definition) is 5. The summed E-state index contributed by atoms with van der Waals surface area (Å²) in [6.07, 6.45) is 0. The highest BCUT2D eigenvalue weighted by atomic mass is 35.7. The minimum atomic E-state index is -4.47. The van der Waals surface area contributed by atoms with Crippen molar-refractivity contribution < 1.29 is 23.6 Å². The van der Waals surface area contributed by atoms with Gasteiger partial charge in [-0.25, -0.2) is 14.4 Å². The van der Waals surface area contributed by atoms with E-state index in [-0.39, 0.29) is 6.61 Å². The number of anilines is 1. The highest BCUT2D eigenvalue weighted by Gasteiger charge is 2.30. The molecule has 0 amide bonds. The molecular formula is C16H16Cl2NO5P. The van der Waals surface area contributed by atoms with Gasteiger partial charge in [-0.05, 0) is 36.8 Å². The topological polar surface area (TPSA) is 76.1 Å². The Morgan fingerprint density at radius 3 is 2.36 bits per heavy atom. The number of hydrogen-bond donors (Lipinski definition) is 1. The molecular weight excluding hydrogens is 388 g/mol. The van der Waals surface area contributed by atoms with Gasteiger partial charge < -0.3 is 9.42 Å². The molecule has 2 rings (SSSR count). The van der Waals surface area contributed by atoms with Crippen LogP contribution in [0.4, 0.5) is 5.69 Å². The monoisotopic (exact) mass is 403 g/mol. The third-order valence-corrected chi connectivity index (χ3v) is 4.05. The van der Waals surface area contributed by atoms with Crippen LogP contribution in [0.15, 0.2) is 54.6 Å². The Labute approximate surface area is 155 Å². The van der Waals surface area contributed by atoms with Crippen molar-refractivity contribution in [1.82, 2.24) is 0 Å². The summed E-state index contributed by atoms with van der Waals surface area (Å²) in [5, 5.41) is 1.79. The lowest BCUT2D eigenvalue weighted by Crippen LogP contribution is -2.39. The predicted octanol–water partition coefficient (Wildman–Crippen LogP) is 4.55. The van der Waals surface area contributed by atoms with Crippen LogP contribution in [-0.2, 0) is 25.3 Å². The summed E-state index contributed by atoms with van der Waals surface area (Å²) in [7, 11) is 0. The molecule has 0 aliphatic heterocycles. The maximum Gasteiger partial charge on any atom is 0.476 e. The Morgan fingerprint density at radius 2 is 1.80 bits per heavy atom. The highest BCUT2D eigenvalue weighted by molar-refractivity contribution is 7.80. The number of hydroxylamine groups is 1. The smallest absolute Gasteiger partial charge is 0.379 e. The van der Waals surface area contributed by atoms with Gasteiger partial charge in [-0.1, -0.05) is 41.9 Å². The minimum Gasteiger partial charge on any atom is -0.379 e. The normalized spacial score (nSPS) is 14.4. The summed E-state index contributed by atoms with van der Waals surface area (Å²) in [5.41, 5.74) is 1.40. The maximum absolute atomic E-state index is 12.1. The van der Waals surface area contributed by atoms with Gasteiger partial charge >= 0.3 is 12.9 Å². The van der Waals surface area contributed by atoms with E-state index in [0.717, 1.165) is 5.56 Å². The van der Waals surface area contributed by atoms with Crippen LogP contribution in [-0.4, -0.2) is 16.9 Å². The summed E-state index contributed by atoms with van der Waals surface area (Å²) in [6, 6.07) is 14.9. The molecule has 0 bridgehead atoms. The van der Waals surface area contributed by atoms with E-state index in [9.17, 15) is 9.36 Å². The number of benzene rings is 2. The molecule has 0 radical (unpaired) electrons. The molecule has 1 unspecified atom stereocenters. The van der Waals surface area contributed by atoms with Gasteiger partial charge in [0.1, 0.15) is 0 Å². The van der Waals surface area contributed by atoms with Gasteiger partial charge in [-0.2, -0.15) is 0 Å². The van der Waals surface area contributed by atoms with Gasteiger partial charge in [-0.15, -0.1) is 0 Å². The van der Waals surface area contributed by atoms with Crippen LogP contribution in [0.2, 0.25) is 5.02 Å². The molecule has 2 atom stereocenters. The summed E-state index contributed by atoms with van der Waals surface area (Å²) in [5.74, 6) is -0.996. The quantitative estimate of drug-likeness (QED) is 0.539. The van der Waals surface area contributed by atoms with Crippen LogP contribution in [0.25, 0.3) is 0 Å². The van der Waals surface area contributed by atoms with E-state index in [0.29, 0.717) is 10.7 Å². The molecule has 0 spiro atoms. The number of carbonyl (C=O) groups excluding carboxylic acids is 1. The van der Waals surface area contributed by atoms with Gasteiger partial charge in [-0.3, -0.25) is 4.84 Å². The zero-order valence-electron chi connectivity index (χ0n) is 13.2. The van der Waals surface area contributed by atoms with Gasteiger partial charge in [0.05, 0.1) is 12.3 Å². The molecule has 6 nitrogen and oxygen atoms in total. The van der Waals surface area contributed by atoms with Crippen molar-refractivity contribution in [3.8, 4) is 0 Å². The zero-order valence-corrected chi connectivity index (χ0v) is 15.6. The van der Waals surface area contributed by atoms with Crippen molar-refractivity contribution >= 4 is 41.4 Å². The number of rotatable bonds is 7. The average molecular weight is 404 g/mol. The molecule has 0 aromatic heterocycles. The Balaban J connectivity index is 2.20. The van der Waals surface area contributed by atoms with E-state index in [1.54, 1.807) is 24.3 Å². The van der Waals surface area contributed by atoms with Crippen molar-refractivity contribution in [2.24, 2.45) is 0 Å². The molecule has 134 valence electrons. The molecule has 9 heteroatoms. The first-order valence-corrected chi connectivity index (χ1v) is 10.1. The fourth-order valence-electron chi connectivity index (χ4n) is 2.00. The van der Waals surface area contributed by atoms with Crippen molar-refractivity contribution in [2.45, 2.75) is 19.6 Å².